The molecule has 4 aromatic rings. The first-order valence-electron chi connectivity index (χ1n) is 7.40. The minimum absolute atomic E-state index is 0.121. The summed E-state index contributed by atoms with van der Waals surface area (Å²) in [6.07, 6.45) is 3.59. The highest BCUT2D eigenvalue weighted by molar-refractivity contribution is 7.90. The quantitative estimate of drug-likeness (QED) is 0.560. The van der Waals surface area contributed by atoms with Crippen LogP contribution in [0.2, 0.25) is 0 Å². The van der Waals surface area contributed by atoms with E-state index < -0.39 is 10.0 Å². The molecule has 0 aliphatic rings. The van der Waals surface area contributed by atoms with E-state index in [1.54, 1.807) is 40.5 Å². The second-order valence-electron chi connectivity index (χ2n) is 5.16. The van der Waals surface area contributed by atoms with Crippen LogP contribution in [0.15, 0.2) is 80.9 Å². The van der Waals surface area contributed by atoms with Gasteiger partial charge < -0.3 is 0 Å². The van der Waals surface area contributed by atoms with Gasteiger partial charge >= 0.3 is 5.82 Å². The van der Waals surface area contributed by atoms with Crippen molar-refractivity contribution in [2.24, 2.45) is 4.36 Å². The van der Waals surface area contributed by atoms with Gasteiger partial charge in [-0.15, -0.1) is 15.7 Å². The number of fused-ring (bicyclic) bond motifs is 1. The van der Waals surface area contributed by atoms with Crippen LogP contribution >= 0.6 is 11.3 Å². The molecule has 0 amide bonds. The van der Waals surface area contributed by atoms with Crippen LogP contribution in [0.1, 0.15) is 0 Å². The standard InChI is InChI=1S/C17H12N4O2S2/c22-25(23,15-9-6-12-24-15)20-16-17(21-10-4-1-5-11-21)19-14-8-3-2-7-13(14)18-16/h1-12H/p+1. The predicted molar refractivity (Wildman–Crippen MR) is 96.5 cm³/mol. The van der Waals surface area contributed by atoms with Crippen molar-refractivity contribution in [3.8, 4) is 5.82 Å². The first kappa shape index (κ1) is 15.8. The van der Waals surface area contributed by atoms with E-state index >= 15 is 0 Å². The summed E-state index contributed by atoms with van der Waals surface area (Å²) in [7, 11) is -3.59. The number of pyridine rings is 1. The summed E-state index contributed by atoms with van der Waals surface area (Å²) in [5, 5.41) is 1.74. The lowest BCUT2D eigenvalue weighted by atomic mass is 10.3. The molecular formula is C17H13N4O2S2+. The summed E-state index contributed by atoms with van der Waals surface area (Å²) < 4.78 is 29.1. The van der Waals surface area contributed by atoms with E-state index in [-0.39, 0.29) is 10.0 Å². The van der Waals surface area contributed by atoms with Crippen LogP contribution in [-0.4, -0.2) is 18.7 Å². The summed E-state index contributed by atoms with van der Waals surface area (Å²) in [6.45, 7) is 0. The van der Waals surface area contributed by atoms with Gasteiger partial charge in [-0.05, 0) is 40.7 Å². The molecule has 1 unspecified atom stereocenters. The molecule has 0 radical (unpaired) electrons. The number of aromatic nitrogens is 3. The molecule has 6 nitrogen and oxygen atoms in total. The Morgan fingerprint density at radius 2 is 1.68 bits per heavy atom. The van der Waals surface area contributed by atoms with Crippen molar-refractivity contribution in [1.29, 1.82) is 0 Å². The summed E-state index contributed by atoms with van der Waals surface area (Å²) in [5.41, 5.74) is 1.30. The van der Waals surface area contributed by atoms with Crippen molar-refractivity contribution < 1.29 is 13.3 Å². The number of rotatable bonds is 3. The molecule has 0 spiro atoms. The molecule has 0 bridgehead atoms. The summed E-state index contributed by atoms with van der Waals surface area (Å²) in [6, 6.07) is 16.2. The fraction of sp³-hybridized carbons (Fsp3) is 0. The van der Waals surface area contributed by atoms with E-state index in [9.17, 15) is 8.76 Å². The van der Waals surface area contributed by atoms with Crippen molar-refractivity contribution in [1.82, 2.24) is 9.97 Å². The maximum atomic E-state index is 12.7. The van der Waals surface area contributed by atoms with Gasteiger partial charge in [0, 0.05) is 0 Å². The maximum Gasteiger partial charge on any atom is 0.374 e. The van der Waals surface area contributed by atoms with Crippen LogP contribution in [0.5, 0.6) is 0 Å². The monoisotopic (exact) mass is 369 g/mol. The molecule has 4 rings (SSSR count). The Labute approximate surface area is 148 Å². The number of para-hydroxylation sites is 2. The van der Waals surface area contributed by atoms with Gasteiger partial charge in [-0.3, -0.25) is 4.55 Å². The van der Waals surface area contributed by atoms with Gasteiger partial charge in [-0.2, -0.15) is 0 Å². The fourth-order valence-electron chi connectivity index (χ4n) is 2.33. The van der Waals surface area contributed by atoms with Crippen LogP contribution in [0.4, 0.5) is 5.82 Å². The Bertz CT molecular complexity index is 1150. The second kappa shape index (κ2) is 6.32. The molecule has 1 aromatic carbocycles. The molecule has 0 aliphatic carbocycles. The first-order valence-corrected chi connectivity index (χ1v) is 9.75. The zero-order valence-corrected chi connectivity index (χ0v) is 14.5. The number of thiophene rings is 1. The molecule has 3 heterocycles. The van der Waals surface area contributed by atoms with E-state index in [0.717, 1.165) is 0 Å². The topological polar surface area (TPSA) is 79.3 Å². The van der Waals surface area contributed by atoms with E-state index in [4.69, 9.17) is 0 Å². The molecule has 124 valence electrons. The zero-order valence-electron chi connectivity index (χ0n) is 12.9. The number of nitrogens with zero attached hydrogens (tertiary/aromatic N) is 4. The molecule has 0 aliphatic heterocycles. The van der Waals surface area contributed by atoms with Gasteiger partial charge in [0.25, 0.3) is 5.82 Å². The minimum Gasteiger partial charge on any atom is -0.296 e. The van der Waals surface area contributed by atoms with Crippen LogP contribution in [0.25, 0.3) is 16.9 Å². The summed E-state index contributed by atoms with van der Waals surface area (Å²) in [5.74, 6) is 0.522. The fourth-order valence-corrected chi connectivity index (χ4v) is 4.26. The number of hydrogen-bond donors (Lipinski definition) is 1. The Balaban J connectivity index is 2.00. The third-order valence-electron chi connectivity index (χ3n) is 3.46. The minimum atomic E-state index is -3.59. The van der Waals surface area contributed by atoms with Gasteiger partial charge in [-0.1, -0.05) is 24.3 Å². The third kappa shape index (κ3) is 3.14. The van der Waals surface area contributed by atoms with E-state index in [2.05, 4.69) is 14.3 Å². The lowest BCUT2D eigenvalue weighted by molar-refractivity contribution is -0.598. The second-order valence-corrected chi connectivity index (χ2v) is 7.98. The largest absolute Gasteiger partial charge is 0.374 e. The van der Waals surface area contributed by atoms with Gasteiger partial charge in [0.15, 0.2) is 0 Å². The normalized spacial score (nSPS) is 13.5. The van der Waals surface area contributed by atoms with Gasteiger partial charge in [0.2, 0.25) is 15.5 Å². The Morgan fingerprint density at radius 3 is 2.36 bits per heavy atom. The molecule has 0 saturated carbocycles. The van der Waals surface area contributed by atoms with Crippen LogP contribution in [0.3, 0.4) is 0 Å². The maximum absolute atomic E-state index is 12.7. The van der Waals surface area contributed by atoms with Crippen molar-refractivity contribution in [2.45, 2.75) is 4.21 Å². The highest BCUT2D eigenvalue weighted by Crippen LogP contribution is 2.25. The van der Waals surface area contributed by atoms with Crippen molar-refractivity contribution in [3.63, 3.8) is 0 Å². The van der Waals surface area contributed by atoms with Crippen LogP contribution < -0.4 is 4.57 Å². The summed E-state index contributed by atoms with van der Waals surface area (Å²) in [4.78, 5) is 9.05. The Kier molecular flexibility index (Phi) is 4.00. The molecule has 3 aromatic heterocycles. The molecule has 25 heavy (non-hydrogen) atoms. The predicted octanol–water partition coefficient (Wildman–Crippen LogP) is 3.60. The lowest BCUT2D eigenvalue weighted by Crippen LogP contribution is -2.31. The van der Waals surface area contributed by atoms with Crippen molar-refractivity contribution >= 4 is 38.2 Å². The first-order chi connectivity index (χ1) is 12.1. The van der Waals surface area contributed by atoms with Gasteiger partial charge in [0.05, 0.1) is 12.4 Å². The highest BCUT2D eigenvalue weighted by atomic mass is 32.3. The van der Waals surface area contributed by atoms with Gasteiger partial charge in [0.1, 0.15) is 9.73 Å². The number of hydrogen-bond acceptors (Lipinski definition) is 5. The average Bonchev–Trinajstić information content (AvgIpc) is 3.17. The van der Waals surface area contributed by atoms with E-state index in [0.29, 0.717) is 16.9 Å². The molecule has 1 N–H and O–H groups in total. The molecule has 0 fully saturated rings. The zero-order chi connectivity index (χ0) is 17.3. The highest BCUT2D eigenvalue weighted by Gasteiger charge is 2.21. The van der Waals surface area contributed by atoms with Gasteiger partial charge in [-0.25, -0.2) is 13.8 Å². The Morgan fingerprint density at radius 1 is 0.960 bits per heavy atom. The lowest BCUT2D eigenvalue weighted by Gasteiger charge is -2.02. The summed E-state index contributed by atoms with van der Waals surface area (Å²) >= 11 is 1.18. The molecular weight excluding hydrogens is 356 g/mol. The van der Waals surface area contributed by atoms with Crippen LogP contribution in [-0.2, 0) is 10.0 Å². The molecule has 1 atom stereocenters. The van der Waals surface area contributed by atoms with Crippen LogP contribution in [0, 0.1) is 0 Å². The SMILES string of the molecule is O=S(O)(=Nc1nc2ccccc2nc1-[n+]1ccccc1)c1cccs1. The van der Waals surface area contributed by atoms with E-state index in [1.807, 2.05) is 36.4 Å². The average molecular weight is 369 g/mol. The van der Waals surface area contributed by atoms with E-state index in [1.165, 1.54) is 11.3 Å². The molecule has 0 saturated heterocycles. The smallest absolute Gasteiger partial charge is 0.296 e. The van der Waals surface area contributed by atoms with Crippen molar-refractivity contribution in [2.75, 3.05) is 0 Å². The number of benzene rings is 1. The third-order valence-corrected chi connectivity index (χ3v) is 6.14. The van der Waals surface area contributed by atoms with Crippen molar-refractivity contribution in [3.05, 3.63) is 72.4 Å². The Hall–Kier alpha value is -2.68. The molecule has 8 heteroatoms.